The zero-order chi connectivity index (χ0) is 45.3. The van der Waals surface area contributed by atoms with Gasteiger partial charge in [0.15, 0.2) is 33.3 Å². The standard InChI is InChI=1S/C21H21BrClN7O2.C21H21Cl2N7O2/c1-3-4-5-16-24-19(23)18(21(31)32-2)30(16)12-13-6-8-14(9-7-13)29-11-10-15(22)17(29)20-25-27-28-26-20;1-3-4-5-17-24-19(23)18(21(31)32-2)29(17)12-13-6-8-14(9-7-13)30-15(10-11-16(30)22)20-25-27-28-26-20/h2*6-11H,3-5,12H2,1-2H3,(H,25,26,27,28). The molecule has 332 valence electrons. The normalized spacial score (nSPS) is 11.1. The Morgan fingerprint density at radius 3 is 1.64 bits per heavy atom. The van der Waals surface area contributed by atoms with Gasteiger partial charge in [-0.15, -0.1) is 10.2 Å². The van der Waals surface area contributed by atoms with Crippen LogP contribution in [0.25, 0.3) is 34.4 Å². The molecule has 0 fully saturated rings. The van der Waals surface area contributed by atoms with Crippen LogP contribution in [0.3, 0.4) is 0 Å². The van der Waals surface area contributed by atoms with Crippen LogP contribution in [0.1, 0.15) is 83.3 Å². The van der Waals surface area contributed by atoms with Gasteiger partial charge in [0.2, 0.25) is 0 Å². The van der Waals surface area contributed by atoms with E-state index in [9.17, 15) is 9.59 Å². The van der Waals surface area contributed by atoms with Crippen molar-refractivity contribution in [3.63, 3.8) is 0 Å². The van der Waals surface area contributed by atoms with Crippen molar-refractivity contribution in [1.29, 1.82) is 0 Å². The molecule has 0 aliphatic carbocycles. The molecule has 2 aromatic carbocycles. The third kappa shape index (κ3) is 9.97. The highest BCUT2D eigenvalue weighted by atomic mass is 79.9. The van der Waals surface area contributed by atoms with Gasteiger partial charge in [0.1, 0.15) is 22.5 Å². The van der Waals surface area contributed by atoms with Gasteiger partial charge in [0, 0.05) is 48.0 Å². The lowest BCUT2D eigenvalue weighted by Gasteiger charge is -2.13. The largest absolute Gasteiger partial charge is 0.464 e. The van der Waals surface area contributed by atoms with Crippen LogP contribution in [0.2, 0.25) is 15.5 Å². The number of esters is 2. The van der Waals surface area contributed by atoms with Crippen LogP contribution in [0.5, 0.6) is 0 Å². The number of aryl methyl sites for hydroxylation is 2. The number of hydrogen-bond donors (Lipinski definition) is 2. The number of nitrogens with zero attached hydrogens (tertiary/aromatic N) is 12. The Morgan fingerprint density at radius 2 is 1.17 bits per heavy atom. The number of imidazole rings is 2. The molecule has 2 N–H and O–H groups in total. The lowest BCUT2D eigenvalue weighted by Crippen LogP contribution is -2.14. The smallest absolute Gasteiger partial charge is 0.357 e. The van der Waals surface area contributed by atoms with E-state index in [-0.39, 0.29) is 21.7 Å². The molecule has 0 saturated heterocycles. The molecule has 0 atom stereocenters. The Morgan fingerprint density at radius 1 is 0.672 bits per heavy atom. The number of nitrogens with one attached hydrogen (secondary N) is 2. The van der Waals surface area contributed by atoms with Gasteiger partial charge in [0.25, 0.3) is 0 Å². The van der Waals surface area contributed by atoms with Crippen molar-refractivity contribution in [2.24, 2.45) is 0 Å². The number of ether oxygens (including phenoxy) is 2. The SMILES string of the molecule is CCCCc1nc(Cl)c(C(=O)OC)n1Cc1ccc(-n2c(Cl)ccc2-c2nnn[nH]2)cc1.CCCCc1nc(Cl)c(C(=O)OC)n1Cc1ccc(-n2ccc(Br)c2-c2nnn[nH]2)cc1. The number of methoxy groups -OCH3 is 2. The van der Waals surface area contributed by atoms with E-state index in [0.29, 0.717) is 29.9 Å². The second kappa shape index (κ2) is 21.0. The molecule has 6 heterocycles. The Labute approximate surface area is 390 Å². The monoisotopic (exact) mass is 990 g/mol. The molecular formula is C42H42BrCl3N14O4. The molecule has 0 bridgehead atoms. The van der Waals surface area contributed by atoms with Gasteiger partial charge in [0.05, 0.1) is 19.9 Å². The molecule has 0 amide bonds. The van der Waals surface area contributed by atoms with Crippen molar-refractivity contribution in [2.75, 3.05) is 14.2 Å². The summed E-state index contributed by atoms with van der Waals surface area (Å²) in [4.78, 5) is 33.5. The Hall–Kier alpha value is -6.15. The Bertz CT molecular complexity index is 2820. The number of aromatic amines is 2. The number of halogens is 4. The van der Waals surface area contributed by atoms with Crippen LogP contribution in [-0.2, 0) is 35.4 Å². The molecule has 18 nitrogen and oxygen atoms in total. The van der Waals surface area contributed by atoms with Gasteiger partial charge in [-0.05, 0) is 103 Å². The molecule has 0 unspecified atom stereocenters. The summed E-state index contributed by atoms with van der Waals surface area (Å²) in [5.74, 6) is 1.60. The lowest BCUT2D eigenvalue weighted by atomic mass is 10.2. The number of carbonyl (C=O) groups is 2. The first kappa shape index (κ1) is 45.9. The first-order valence-corrected chi connectivity index (χ1v) is 22.1. The van der Waals surface area contributed by atoms with E-state index in [0.717, 1.165) is 88.5 Å². The van der Waals surface area contributed by atoms with Crippen LogP contribution in [-0.4, -0.2) is 95.6 Å². The van der Waals surface area contributed by atoms with Gasteiger partial charge in [-0.3, -0.25) is 4.57 Å². The number of hydrogen-bond acceptors (Lipinski definition) is 12. The summed E-state index contributed by atoms with van der Waals surface area (Å²) < 4.78 is 18.2. The lowest BCUT2D eigenvalue weighted by molar-refractivity contribution is 0.0580. The van der Waals surface area contributed by atoms with Gasteiger partial charge >= 0.3 is 11.9 Å². The first-order valence-electron chi connectivity index (χ1n) is 20.1. The number of tetrazole rings is 2. The molecule has 22 heteroatoms. The minimum absolute atomic E-state index is 0.156. The molecule has 8 rings (SSSR count). The van der Waals surface area contributed by atoms with Crippen LogP contribution in [0.4, 0.5) is 0 Å². The van der Waals surface area contributed by atoms with E-state index >= 15 is 0 Å². The number of H-pyrrole nitrogens is 2. The average molecular weight is 993 g/mol. The van der Waals surface area contributed by atoms with E-state index < -0.39 is 11.9 Å². The van der Waals surface area contributed by atoms with E-state index in [1.807, 2.05) is 85.1 Å². The number of aromatic nitrogens is 14. The third-order valence-electron chi connectivity index (χ3n) is 10.2. The summed E-state index contributed by atoms with van der Waals surface area (Å²) in [5, 5.41) is 29.0. The van der Waals surface area contributed by atoms with Crippen molar-refractivity contribution < 1.29 is 19.1 Å². The van der Waals surface area contributed by atoms with E-state index in [4.69, 9.17) is 44.3 Å². The summed E-state index contributed by atoms with van der Waals surface area (Å²) in [5.41, 5.74) is 5.85. The summed E-state index contributed by atoms with van der Waals surface area (Å²) in [6.07, 6.45) is 7.31. The van der Waals surface area contributed by atoms with Gasteiger partial charge < -0.3 is 23.2 Å². The van der Waals surface area contributed by atoms with Gasteiger partial charge in [-0.1, -0.05) is 85.8 Å². The number of unbranched alkanes of at least 4 members (excludes halogenated alkanes) is 2. The van der Waals surface area contributed by atoms with Crippen LogP contribution in [0.15, 0.2) is 77.4 Å². The highest BCUT2D eigenvalue weighted by molar-refractivity contribution is 9.10. The maximum Gasteiger partial charge on any atom is 0.357 e. The summed E-state index contributed by atoms with van der Waals surface area (Å²) in [6, 6.07) is 21.4. The molecular weight excluding hydrogens is 951 g/mol. The summed E-state index contributed by atoms with van der Waals surface area (Å²) in [6.45, 7) is 5.10. The van der Waals surface area contributed by atoms with E-state index in [2.05, 4.69) is 81.0 Å². The second-order valence-electron chi connectivity index (χ2n) is 14.3. The van der Waals surface area contributed by atoms with E-state index in [1.54, 1.807) is 6.07 Å². The zero-order valence-electron chi connectivity index (χ0n) is 35.1. The average Bonchev–Trinajstić information content (AvgIpc) is 4.18. The predicted molar refractivity (Wildman–Crippen MR) is 243 cm³/mol. The fourth-order valence-corrected chi connectivity index (χ4v) is 8.33. The zero-order valence-corrected chi connectivity index (χ0v) is 39.0. The van der Waals surface area contributed by atoms with Crippen LogP contribution in [0, 0.1) is 0 Å². The van der Waals surface area contributed by atoms with Crippen molar-refractivity contribution in [3.05, 3.63) is 127 Å². The number of benzene rings is 2. The second-order valence-corrected chi connectivity index (χ2v) is 16.2. The maximum atomic E-state index is 12.3. The fraction of sp³-hybridized carbons (Fsp3) is 0.286. The molecule has 0 aliphatic heterocycles. The summed E-state index contributed by atoms with van der Waals surface area (Å²) in [7, 11) is 2.67. The van der Waals surface area contributed by atoms with Crippen molar-refractivity contribution in [1.82, 2.24) is 69.5 Å². The Balaban J connectivity index is 0.000000191. The molecule has 0 spiro atoms. The molecule has 0 aliphatic rings. The quantitative estimate of drug-likeness (QED) is 0.0872. The van der Waals surface area contributed by atoms with Crippen molar-refractivity contribution in [3.8, 4) is 34.4 Å². The summed E-state index contributed by atoms with van der Waals surface area (Å²) >= 11 is 22.5. The number of carbonyl (C=O) groups excluding carboxylic acids is 2. The molecule has 0 saturated carbocycles. The van der Waals surface area contributed by atoms with Gasteiger partial charge in [-0.2, -0.15) is 0 Å². The molecule has 64 heavy (non-hydrogen) atoms. The van der Waals surface area contributed by atoms with Crippen LogP contribution >= 0.6 is 50.7 Å². The van der Waals surface area contributed by atoms with Crippen molar-refractivity contribution in [2.45, 2.75) is 65.5 Å². The number of rotatable bonds is 16. The first-order chi connectivity index (χ1) is 31.1. The predicted octanol–water partition coefficient (Wildman–Crippen LogP) is 8.79. The molecule has 8 aromatic rings. The third-order valence-corrected chi connectivity index (χ3v) is 11.7. The highest BCUT2D eigenvalue weighted by Crippen LogP contribution is 2.31. The minimum atomic E-state index is -0.508. The molecule has 0 radical (unpaired) electrons. The van der Waals surface area contributed by atoms with Gasteiger partial charge in [-0.25, -0.2) is 29.8 Å². The van der Waals surface area contributed by atoms with Crippen molar-refractivity contribution >= 4 is 62.7 Å². The van der Waals surface area contributed by atoms with E-state index in [1.165, 1.54) is 14.2 Å². The molecule has 6 aromatic heterocycles. The minimum Gasteiger partial charge on any atom is -0.464 e. The maximum absolute atomic E-state index is 12.3. The Kier molecular flexibility index (Phi) is 15.1. The highest BCUT2D eigenvalue weighted by Gasteiger charge is 2.25. The van der Waals surface area contributed by atoms with Crippen LogP contribution < -0.4 is 0 Å². The topological polar surface area (TPSA) is 207 Å². The fourth-order valence-electron chi connectivity index (χ4n) is 7.02.